The van der Waals surface area contributed by atoms with E-state index in [9.17, 15) is 0 Å². The van der Waals surface area contributed by atoms with Crippen molar-refractivity contribution < 1.29 is 0 Å². The first-order chi connectivity index (χ1) is 7.27. The van der Waals surface area contributed by atoms with E-state index in [0.29, 0.717) is 22.3 Å². The van der Waals surface area contributed by atoms with E-state index in [2.05, 4.69) is 15.3 Å². The standard InChI is InChI=1S/C10H9ClN4/c11-9-8(4-2-5-13-9)15-10-7(12)3-1-6-14-10/h1-6H,12H2,(H,14,15). The summed E-state index contributed by atoms with van der Waals surface area (Å²) < 4.78 is 0. The Morgan fingerprint density at radius 3 is 2.60 bits per heavy atom. The van der Waals surface area contributed by atoms with Crippen LogP contribution in [0, 0.1) is 0 Å². The minimum atomic E-state index is 0.391. The summed E-state index contributed by atoms with van der Waals surface area (Å²) in [4.78, 5) is 8.03. The van der Waals surface area contributed by atoms with E-state index >= 15 is 0 Å². The van der Waals surface area contributed by atoms with Gasteiger partial charge in [0.1, 0.15) is 0 Å². The highest BCUT2D eigenvalue weighted by Gasteiger charge is 2.03. The molecule has 2 aromatic heterocycles. The largest absolute Gasteiger partial charge is 0.396 e. The van der Waals surface area contributed by atoms with Crippen molar-refractivity contribution in [2.45, 2.75) is 0 Å². The number of hydrogen-bond donors (Lipinski definition) is 2. The third-order valence-corrected chi connectivity index (χ3v) is 2.15. The zero-order valence-corrected chi connectivity index (χ0v) is 8.57. The molecule has 2 heterocycles. The predicted octanol–water partition coefficient (Wildman–Crippen LogP) is 2.46. The van der Waals surface area contributed by atoms with Crippen molar-refractivity contribution in [3.8, 4) is 0 Å². The van der Waals surface area contributed by atoms with Crippen LogP contribution in [0.1, 0.15) is 0 Å². The molecule has 0 aliphatic rings. The minimum Gasteiger partial charge on any atom is -0.396 e. The Morgan fingerprint density at radius 2 is 1.87 bits per heavy atom. The monoisotopic (exact) mass is 220 g/mol. The summed E-state index contributed by atoms with van der Waals surface area (Å²) >= 11 is 5.88. The van der Waals surface area contributed by atoms with Crippen LogP contribution in [0.3, 0.4) is 0 Å². The van der Waals surface area contributed by atoms with E-state index in [4.69, 9.17) is 17.3 Å². The van der Waals surface area contributed by atoms with Gasteiger partial charge < -0.3 is 11.1 Å². The number of nitrogens with two attached hydrogens (primary N) is 1. The molecule has 0 saturated carbocycles. The van der Waals surface area contributed by atoms with Crippen LogP contribution in [0.15, 0.2) is 36.7 Å². The maximum atomic E-state index is 5.88. The van der Waals surface area contributed by atoms with E-state index < -0.39 is 0 Å². The average molecular weight is 221 g/mol. The fourth-order valence-corrected chi connectivity index (χ4v) is 1.30. The number of pyridine rings is 2. The van der Waals surface area contributed by atoms with Gasteiger partial charge in [-0.3, -0.25) is 0 Å². The number of rotatable bonds is 2. The molecule has 0 spiro atoms. The van der Waals surface area contributed by atoms with Gasteiger partial charge in [0, 0.05) is 12.4 Å². The summed E-state index contributed by atoms with van der Waals surface area (Å²) in [6.45, 7) is 0. The molecular weight excluding hydrogens is 212 g/mol. The molecule has 2 rings (SSSR count). The lowest BCUT2D eigenvalue weighted by Gasteiger charge is -2.08. The van der Waals surface area contributed by atoms with Gasteiger partial charge in [0.2, 0.25) is 0 Å². The topological polar surface area (TPSA) is 63.8 Å². The lowest BCUT2D eigenvalue weighted by Crippen LogP contribution is -1.99. The Kier molecular flexibility index (Phi) is 2.69. The Bertz CT molecular complexity index is 429. The summed E-state index contributed by atoms with van der Waals surface area (Å²) in [7, 11) is 0. The Labute approximate surface area is 92.1 Å². The van der Waals surface area contributed by atoms with Crippen LogP contribution in [-0.4, -0.2) is 9.97 Å². The molecule has 0 aliphatic carbocycles. The van der Waals surface area contributed by atoms with E-state index in [-0.39, 0.29) is 0 Å². The van der Waals surface area contributed by atoms with Crippen molar-refractivity contribution >= 4 is 28.8 Å². The first-order valence-corrected chi connectivity index (χ1v) is 4.73. The van der Waals surface area contributed by atoms with E-state index in [1.165, 1.54) is 0 Å². The minimum absolute atomic E-state index is 0.391. The second kappa shape index (κ2) is 4.14. The van der Waals surface area contributed by atoms with Gasteiger partial charge in [-0.05, 0) is 24.3 Å². The van der Waals surface area contributed by atoms with Gasteiger partial charge in [-0.1, -0.05) is 11.6 Å². The van der Waals surface area contributed by atoms with Gasteiger partial charge in [0.25, 0.3) is 0 Å². The second-order valence-electron chi connectivity index (χ2n) is 2.91. The Balaban J connectivity index is 2.30. The summed E-state index contributed by atoms with van der Waals surface area (Å²) in [5, 5.41) is 3.40. The third kappa shape index (κ3) is 2.16. The maximum Gasteiger partial charge on any atom is 0.153 e. The summed E-state index contributed by atoms with van der Waals surface area (Å²) in [6.07, 6.45) is 3.28. The van der Waals surface area contributed by atoms with Crippen molar-refractivity contribution in [2.75, 3.05) is 11.1 Å². The van der Waals surface area contributed by atoms with Crippen LogP contribution in [0.25, 0.3) is 0 Å². The van der Waals surface area contributed by atoms with Crippen LogP contribution in [0.4, 0.5) is 17.2 Å². The highest BCUT2D eigenvalue weighted by molar-refractivity contribution is 6.32. The zero-order chi connectivity index (χ0) is 10.7. The molecule has 0 bridgehead atoms. The quantitative estimate of drug-likeness (QED) is 0.764. The fraction of sp³-hybridized carbons (Fsp3) is 0. The maximum absolute atomic E-state index is 5.88. The van der Waals surface area contributed by atoms with Crippen molar-refractivity contribution in [2.24, 2.45) is 0 Å². The summed E-state index contributed by atoms with van der Waals surface area (Å²) in [5.41, 5.74) is 6.98. The first kappa shape index (κ1) is 9.73. The Morgan fingerprint density at radius 1 is 1.13 bits per heavy atom. The van der Waals surface area contributed by atoms with Crippen molar-refractivity contribution in [3.63, 3.8) is 0 Å². The van der Waals surface area contributed by atoms with Crippen LogP contribution >= 0.6 is 11.6 Å². The number of hydrogen-bond acceptors (Lipinski definition) is 4. The van der Waals surface area contributed by atoms with Crippen LogP contribution in [0.5, 0.6) is 0 Å². The summed E-state index contributed by atoms with van der Waals surface area (Å²) in [6, 6.07) is 7.13. The number of nitrogen functional groups attached to an aromatic ring is 1. The molecule has 0 aromatic carbocycles. The molecule has 2 aromatic rings. The van der Waals surface area contributed by atoms with Gasteiger partial charge in [-0.25, -0.2) is 9.97 Å². The average Bonchev–Trinajstić information content (AvgIpc) is 2.24. The lowest BCUT2D eigenvalue weighted by atomic mass is 10.3. The molecule has 0 fully saturated rings. The van der Waals surface area contributed by atoms with Crippen molar-refractivity contribution in [1.29, 1.82) is 0 Å². The van der Waals surface area contributed by atoms with E-state index in [0.717, 1.165) is 0 Å². The highest BCUT2D eigenvalue weighted by Crippen LogP contribution is 2.24. The van der Waals surface area contributed by atoms with E-state index in [1.54, 1.807) is 30.6 Å². The molecule has 4 nitrogen and oxygen atoms in total. The molecule has 3 N–H and O–H groups in total. The fourth-order valence-electron chi connectivity index (χ4n) is 1.13. The SMILES string of the molecule is Nc1cccnc1Nc1cccnc1Cl. The zero-order valence-electron chi connectivity index (χ0n) is 7.81. The third-order valence-electron chi connectivity index (χ3n) is 1.85. The second-order valence-corrected chi connectivity index (χ2v) is 3.27. The van der Waals surface area contributed by atoms with Gasteiger partial charge in [-0.2, -0.15) is 0 Å². The number of nitrogens with zero attached hydrogens (tertiary/aromatic N) is 2. The first-order valence-electron chi connectivity index (χ1n) is 4.35. The van der Waals surface area contributed by atoms with Crippen molar-refractivity contribution in [3.05, 3.63) is 41.8 Å². The van der Waals surface area contributed by atoms with Gasteiger partial charge in [0.15, 0.2) is 11.0 Å². The molecule has 15 heavy (non-hydrogen) atoms. The van der Waals surface area contributed by atoms with Gasteiger partial charge in [-0.15, -0.1) is 0 Å². The highest BCUT2D eigenvalue weighted by atomic mass is 35.5. The molecule has 0 aliphatic heterocycles. The number of nitrogens with one attached hydrogen (secondary N) is 1. The molecule has 0 saturated heterocycles. The van der Waals surface area contributed by atoms with E-state index in [1.807, 2.05) is 6.07 Å². The Hall–Kier alpha value is -1.81. The van der Waals surface area contributed by atoms with Gasteiger partial charge in [0.05, 0.1) is 11.4 Å². The number of halogens is 1. The van der Waals surface area contributed by atoms with Crippen LogP contribution in [-0.2, 0) is 0 Å². The smallest absolute Gasteiger partial charge is 0.153 e. The van der Waals surface area contributed by atoms with Crippen LogP contribution < -0.4 is 11.1 Å². The molecule has 76 valence electrons. The molecular formula is C10H9ClN4. The van der Waals surface area contributed by atoms with Crippen LogP contribution in [0.2, 0.25) is 5.15 Å². The van der Waals surface area contributed by atoms with Crippen molar-refractivity contribution in [1.82, 2.24) is 9.97 Å². The number of anilines is 3. The molecule has 0 amide bonds. The normalized spacial score (nSPS) is 9.93. The van der Waals surface area contributed by atoms with Gasteiger partial charge >= 0.3 is 0 Å². The molecule has 0 radical (unpaired) electrons. The molecule has 0 unspecified atom stereocenters. The lowest BCUT2D eigenvalue weighted by molar-refractivity contribution is 1.28. The molecule has 5 heteroatoms. The predicted molar refractivity (Wildman–Crippen MR) is 61.2 cm³/mol. The summed E-state index contributed by atoms with van der Waals surface area (Å²) in [5.74, 6) is 0.576. The number of aromatic nitrogens is 2. The molecule has 0 atom stereocenters.